The molecule has 6 heteroatoms. The largest absolute Gasteiger partial charge is 0.408 e. The summed E-state index contributed by atoms with van der Waals surface area (Å²) in [4.78, 5) is 2.39. The second kappa shape index (κ2) is 9.42. The summed E-state index contributed by atoms with van der Waals surface area (Å²) in [6.07, 6.45) is 1.98. The molecule has 5 nitrogen and oxygen atoms in total. The minimum Gasteiger partial charge on any atom is -0.376 e. The first-order valence-electron chi connectivity index (χ1n) is 9.54. The lowest BCUT2D eigenvalue weighted by atomic mass is 10.1. The molecule has 0 radical (unpaired) electrons. The van der Waals surface area contributed by atoms with Gasteiger partial charge in [0.05, 0.1) is 24.4 Å². The number of thiazole rings is 1. The molecule has 1 unspecified atom stereocenters. The van der Waals surface area contributed by atoms with Crippen LogP contribution in [0.1, 0.15) is 40.2 Å². The molecule has 27 heavy (non-hydrogen) atoms. The highest BCUT2D eigenvalue weighted by Crippen LogP contribution is 2.27. The predicted octanol–water partition coefficient (Wildman–Crippen LogP) is 5.57. The molecule has 1 aromatic heterocycles. The first kappa shape index (κ1) is 21.5. The third-order valence-corrected chi connectivity index (χ3v) is 5.10. The van der Waals surface area contributed by atoms with E-state index >= 15 is 0 Å². The molecule has 0 fully saturated rings. The molecule has 2 rings (SSSR count). The lowest BCUT2D eigenvalue weighted by Crippen LogP contribution is -2.32. The van der Waals surface area contributed by atoms with Crippen molar-refractivity contribution in [3.05, 3.63) is 35.3 Å². The van der Waals surface area contributed by atoms with Crippen LogP contribution in [-0.2, 0) is 11.8 Å². The first-order chi connectivity index (χ1) is 12.7. The minimum atomic E-state index is -0.0895. The molecule has 1 heterocycles. The van der Waals surface area contributed by atoms with E-state index in [1.807, 2.05) is 23.2 Å². The Bertz CT molecular complexity index is 764. The fraction of sp³-hybridized carbons (Fsp3) is 0.571. The average molecular weight is 390 g/mol. The van der Waals surface area contributed by atoms with Crippen LogP contribution < -0.4 is 9.47 Å². The van der Waals surface area contributed by atoms with E-state index in [9.17, 15) is 0 Å². The second-order valence-corrected chi connectivity index (χ2v) is 8.91. The zero-order valence-electron chi connectivity index (χ0n) is 17.7. The van der Waals surface area contributed by atoms with E-state index in [1.54, 1.807) is 11.3 Å². The first-order valence-corrected chi connectivity index (χ1v) is 10.4. The molecular weight excluding hydrogens is 356 g/mol. The van der Waals surface area contributed by atoms with Crippen molar-refractivity contribution in [2.24, 2.45) is 23.2 Å². The van der Waals surface area contributed by atoms with Gasteiger partial charge in [-0.25, -0.2) is 4.57 Å². The van der Waals surface area contributed by atoms with Crippen molar-refractivity contribution in [3.63, 3.8) is 0 Å². The maximum absolute atomic E-state index is 5.94. The van der Waals surface area contributed by atoms with Crippen LogP contribution in [-0.4, -0.2) is 25.3 Å². The van der Waals surface area contributed by atoms with Gasteiger partial charge in [0.1, 0.15) is 11.9 Å². The molecule has 0 saturated carbocycles. The number of hydrogen-bond donors (Lipinski definition) is 0. The summed E-state index contributed by atoms with van der Waals surface area (Å²) in [6.45, 7) is 15.5. The third-order valence-electron chi connectivity index (χ3n) is 4.26. The summed E-state index contributed by atoms with van der Waals surface area (Å²) in [7, 11) is 1.98. The number of ether oxygens (including phenoxy) is 1. The summed E-state index contributed by atoms with van der Waals surface area (Å²) in [5.41, 5.74) is 3.17. The van der Waals surface area contributed by atoms with Gasteiger partial charge in [-0.05, 0) is 80.8 Å². The summed E-state index contributed by atoms with van der Waals surface area (Å²) >= 11 is 1.58. The van der Waals surface area contributed by atoms with E-state index in [2.05, 4.69) is 74.9 Å². The molecule has 2 aromatic rings. The van der Waals surface area contributed by atoms with Gasteiger partial charge in [0.15, 0.2) is 0 Å². The molecule has 0 N–H and O–H groups in total. The number of rotatable bonds is 8. The molecule has 148 valence electrons. The average Bonchev–Trinajstić information content (AvgIpc) is 3.01. The molecule has 0 aliphatic rings. The van der Waals surface area contributed by atoms with E-state index in [4.69, 9.17) is 4.74 Å². The molecular formula is C21H33N4OS+. The molecule has 1 aromatic carbocycles. The standard InChI is InChI=1S/C21H33N4OS/c1-8-25(14-16(2)15-26-21(4,5)6)18-9-10-19(17(3)13-18)22-23-20-24(7)11-12-27-20/h9-13,16H,8,14-15H2,1-7H3/q+1. The van der Waals surface area contributed by atoms with Gasteiger partial charge in [0.25, 0.3) is 0 Å². The van der Waals surface area contributed by atoms with Gasteiger partial charge in [-0.3, -0.25) is 0 Å². The highest BCUT2D eigenvalue weighted by molar-refractivity contribution is 7.12. The molecule has 0 spiro atoms. The fourth-order valence-electron chi connectivity index (χ4n) is 2.71. The lowest BCUT2D eigenvalue weighted by molar-refractivity contribution is -0.654. The SMILES string of the molecule is CCN(CC(C)COC(C)(C)C)c1ccc(N=Nc2scc[n+]2C)c(C)c1. The zero-order chi connectivity index (χ0) is 20.0. The number of nitrogens with zero attached hydrogens (tertiary/aromatic N) is 4. The number of aromatic nitrogens is 1. The molecule has 0 aliphatic heterocycles. The third kappa shape index (κ3) is 6.70. The van der Waals surface area contributed by atoms with Crippen molar-refractivity contribution >= 4 is 27.8 Å². The fourth-order valence-corrected chi connectivity index (χ4v) is 3.39. The maximum atomic E-state index is 5.94. The molecule has 1 atom stereocenters. The Morgan fingerprint density at radius 2 is 2.00 bits per heavy atom. The summed E-state index contributed by atoms with van der Waals surface area (Å²) in [6, 6.07) is 6.39. The topological polar surface area (TPSA) is 41.1 Å². The van der Waals surface area contributed by atoms with Crippen LogP contribution in [0.15, 0.2) is 40.0 Å². The summed E-state index contributed by atoms with van der Waals surface area (Å²) in [5, 5.41) is 11.7. The van der Waals surface area contributed by atoms with Crippen molar-refractivity contribution in [2.75, 3.05) is 24.6 Å². The van der Waals surface area contributed by atoms with Gasteiger partial charge in [0, 0.05) is 24.2 Å². The zero-order valence-corrected chi connectivity index (χ0v) is 18.5. The van der Waals surface area contributed by atoms with Crippen LogP contribution in [0, 0.1) is 12.8 Å². The van der Waals surface area contributed by atoms with E-state index in [0.29, 0.717) is 5.92 Å². The van der Waals surface area contributed by atoms with Crippen LogP contribution in [0.4, 0.5) is 16.5 Å². The van der Waals surface area contributed by atoms with Crippen LogP contribution in [0.5, 0.6) is 0 Å². The quantitative estimate of drug-likeness (QED) is 0.437. The Morgan fingerprint density at radius 3 is 2.56 bits per heavy atom. The van der Waals surface area contributed by atoms with Gasteiger partial charge < -0.3 is 9.64 Å². The Balaban J connectivity index is 2.05. The van der Waals surface area contributed by atoms with Crippen LogP contribution in [0.3, 0.4) is 0 Å². The van der Waals surface area contributed by atoms with E-state index in [1.165, 1.54) is 5.69 Å². The Morgan fingerprint density at radius 1 is 1.26 bits per heavy atom. The van der Waals surface area contributed by atoms with Gasteiger partial charge in [-0.1, -0.05) is 6.92 Å². The Labute approximate surface area is 167 Å². The number of anilines is 1. The number of aryl methyl sites for hydroxylation is 2. The van der Waals surface area contributed by atoms with Gasteiger partial charge in [-0.2, -0.15) is 0 Å². The number of azo groups is 1. The van der Waals surface area contributed by atoms with Crippen molar-refractivity contribution < 1.29 is 9.30 Å². The Kier molecular flexibility index (Phi) is 7.50. The van der Waals surface area contributed by atoms with Crippen molar-refractivity contribution in [1.82, 2.24) is 0 Å². The van der Waals surface area contributed by atoms with Gasteiger partial charge >= 0.3 is 5.13 Å². The van der Waals surface area contributed by atoms with Gasteiger partial charge in [-0.15, -0.1) is 0 Å². The minimum absolute atomic E-state index is 0.0895. The normalized spacial score (nSPS) is 13.3. The molecule has 0 bridgehead atoms. The molecule has 0 amide bonds. The van der Waals surface area contributed by atoms with E-state index < -0.39 is 0 Å². The summed E-state index contributed by atoms with van der Waals surface area (Å²) in [5.74, 6) is 0.461. The van der Waals surface area contributed by atoms with Gasteiger partial charge in [0.2, 0.25) is 0 Å². The monoisotopic (exact) mass is 389 g/mol. The predicted molar refractivity (Wildman–Crippen MR) is 114 cm³/mol. The highest BCUT2D eigenvalue weighted by Gasteiger charge is 2.16. The molecule has 0 saturated heterocycles. The van der Waals surface area contributed by atoms with E-state index in [-0.39, 0.29) is 5.60 Å². The second-order valence-electron chi connectivity index (χ2n) is 8.03. The van der Waals surface area contributed by atoms with Crippen LogP contribution in [0.2, 0.25) is 0 Å². The number of benzene rings is 1. The van der Waals surface area contributed by atoms with Crippen LogP contribution >= 0.6 is 11.3 Å². The van der Waals surface area contributed by atoms with Crippen molar-refractivity contribution in [2.45, 2.75) is 47.1 Å². The van der Waals surface area contributed by atoms with E-state index in [0.717, 1.165) is 36.1 Å². The smallest absolute Gasteiger partial charge is 0.376 e. The summed E-state index contributed by atoms with van der Waals surface area (Å²) < 4.78 is 7.91. The van der Waals surface area contributed by atoms with Crippen molar-refractivity contribution in [1.29, 1.82) is 0 Å². The van der Waals surface area contributed by atoms with Crippen LogP contribution in [0.25, 0.3) is 0 Å². The lowest BCUT2D eigenvalue weighted by Gasteiger charge is -2.29. The Hall–Kier alpha value is -1.79. The molecule has 0 aliphatic carbocycles. The maximum Gasteiger partial charge on any atom is 0.408 e. The number of hydrogen-bond acceptors (Lipinski definition) is 5. The highest BCUT2D eigenvalue weighted by atomic mass is 32.1. The van der Waals surface area contributed by atoms with Crippen molar-refractivity contribution in [3.8, 4) is 0 Å².